The lowest BCUT2D eigenvalue weighted by molar-refractivity contribution is -0.145. The van der Waals surface area contributed by atoms with Gasteiger partial charge in [-0.1, -0.05) is 6.08 Å². The van der Waals surface area contributed by atoms with Gasteiger partial charge in [-0.25, -0.2) is 4.79 Å². The highest BCUT2D eigenvalue weighted by Crippen LogP contribution is 2.13. The van der Waals surface area contributed by atoms with E-state index in [4.69, 9.17) is 9.84 Å². The summed E-state index contributed by atoms with van der Waals surface area (Å²) in [6.07, 6.45) is 4.93. The molecule has 0 bridgehead atoms. The van der Waals surface area contributed by atoms with Gasteiger partial charge in [0.25, 0.3) is 0 Å². The van der Waals surface area contributed by atoms with Crippen molar-refractivity contribution in [2.24, 2.45) is 0 Å². The number of aliphatic carboxylic acids is 1. The minimum Gasteiger partial charge on any atom is -0.480 e. The molecule has 0 atom stereocenters. The smallest absolute Gasteiger partial charge is 0.329 e. The van der Waals surface area contributed by atoms with Crippen molar-refractivity contribution >= 4 is 5.97 Å². The summed E-state index contributed by atoms with van der Waals surface area (Å²) in [7, 11) is 0. The van der Waals surface area contributed by atoms with E-state index in [1.165, 1.54) is 0 Å². The van der Waals surface area contributed by atoms with E-state index < -0.39 is 5.97 Å². The van der Waals surface area contributed by atoms with E-state index in [2.05, 4.69) is 11.5 Å². The fourth-order valence-electron chi connectivity index (χ4n) is 1.76. The van der Waals surface area contributed by atoms with Crippen LogP contribution in [0.3, 0.4) is 0 Å². The third kappa shape index (κ3) is 4.95. The summed E-state index contributed by atoms with van der Waals surface area (Å²) in [5.74, 6) is -0.885. The van der Waals surface area contributed by atoms with Gasteiger partial charge in [-0.3, -0.25) is 0 Å². The van der Waals surface area contributed by atoms with Gasteiger partial charge in [0.2, 0.25) is 0 Å². The maximum atomic E-state index is 10.3. The van der Waals surface area contributed by atoms with Crippen LogP contribution in [0.25, 0.3) is 0 Å². The molecule has 0 aromatic heterocycles. The summed E-state index contributed by atoms with van der Waals surface area (Å²) in [5.41, 5.74) is 0. The van der Waals surface area contributed by atoms with E-state index >= 15 is 0 Å². The lowest BCUT2D eigenvalue weighted by Gasteiger charge is -2.31. The normalized spacial score (nSPS) is 18.9. The molecule has 15 heavy (non-hydrogen) atoms. The van der Waals surface area contributed by atoms with Crippen molar-refractivity contribution in [3.63, 3.8) is 0 Å². The molecule has 0 amide bonds. The van der Waals surface area contributed by atoms with Crippen LogP contribution in [0.1, 0.15) is 19.3 Å². The number of hydrogen-bond donors (Lipinski definition) is 1. The first-order valence-electron chi connectivity index (χ1n) is 5.39. The molecular weight excluding hydrogens is 194 g/mol. The third-order valence-corrected chi connectivity index (χ3v) is 2.63. The van der Waals surface area contributed by atoms with Gasteiger partial charge in [0, 0.05) is 19.6 Å². The number of carboxylic acid groups (broad SMARTS) is 1. The number of carboxylic acids is 1. The minimum absolute atomic E-state index is 0.126. The number of ether oxygens (including phenoxy) is 1. The predicted octanol–water partition coefficient (Wildman–Crippen LogP) is 1.13. The van der Waals surface area contributed by atoms with E-state index in [-0.39, 0.29) is 12.7 Å². The van der Waals surface area contributed by atoms with Crippen molar-refractivity contribution in [1.82, 2.24) is 4.90 Å². The van der Waals surface area contributed by atoms with Gasteiger partial charge >= 0.3 is 5.97 Å². The number of rotatable bonds is 6. The van der Waals surface area contributed by atoms with E-state index in [1.54, 1.807) is 0 Å². The number of piperidine rings is 1. The maximum Gasteiger partial charge on any atom is 0.329 e. The lowest BCUT2D eigenvalue weighted by atomic mass is 10.1. The summed E-state index contributed by atoms with van der Waals surface area (Å²) in [5, 5.41) is 8.47. The van der Waals surface area contributed by atoms with Crippen LogP contribution in [0.4, 0.5) is 0 Å². The molecule has 1 saturated heterocycles. The molecule has 1 rings (SSSR count). The number of likely N-dealkylation sites (tertiary alicyclic amines) is 1. The van der Waals surface area contributed by atoms with Crippen molar-refractivity contribution in [3.8, 4) is 0 Å². The zero-order valence-electron chi connectivity index (χ0n) is 9.02. The molecule has 4 heteroatoms. The van der Waals surface area contributed by atoms with Crippen LogP contribution in [0.5, 0.6) is 0 Å². The van der Waals surface area contributed by atoms with Crippen molar-refractivity contribution in [2.45, 2.75) is 25.4 Å². The Morgan fingerprint density at radius 2 is 2.20 bits per heavy atom. The minimum atomic E-state index is -0.885. The predicted molar refractivity (Wildman–Crippen MR) is 57.9 cm³/mol. The average Bonchev–Trinajstić information content (AvgIpc) is 2.25. The molecule has 0 aromatic rings. The van der Waals surface area contributed by atoms with Crippen LogP contribution in [0.2, 0.25) is 0 Å². The van der Waals surface area contributed by atoms with Gasteiger partial charge in [-0.05, 0) is 19.3 Å². The average molecular weight is 213 g/mol. The SMILES string of the molecule is C=CCCN1CCC(OCC(=O)O)CC1. The quantitative estimate of drug-likeness (QED) is 0.672. The number of carbonyl (C=O) groups is 1. The number of hydrogen-bond acceptors (Lipinski definition) is 3. The van der Waals surface area contributed by atoms with E-state index in [9.17, 15) is 4.79 Å². The Morgan fingerprint density at radius 3 is 2.73 bits per heavy atom. The maximum absolute atomic E-state index is 10.3. The second-order valence-corrected chi connectivity index (χ2v) is 3.82. The summed E-state index contributed by atoms with van der Waals surface area (Å²) in [6.45, 7) is 6.57. The van der Waals surface area contributed by atoms with E-state index in [0.717, 1.165) is 38.9 Å². The van der Waals surface area contributed by atoms with Crippen LogP contribution < -0.4 is 0 Å². The Balaban J connectivity index is 2.12. The van der Waals surface area contributed by atoms with Gasteiger partial charge in [0.1, 0.15) is 6.61 Å². The van der Waals surface area contributed by atoms with Crippen molar-refractivity contribution in [3.05, 3.63) is 12.7 Å². The molecule has 0 radical (unpaired) electrons. The first-order valence-corrected chi connectivity index (χ1v) is 5.39. The second-order valence-electron chi connectivity index (χ2n) is 3.82. The second kappa shape index (κ2) is 6.58. The molecule has 0 aliphatic carbocycles. The van der Waals surface area contributed by atoms with Crippen LogP contribution in [-0.4, -0.2) is 48.3 Å². The van der Waals surface area contributed by atoms with Crippen molar-refractivity contribution < 1.29 is 14.6 Å². The fourth-order valence-corrected chi connectivity index (χ4v) is 1.76. The van der Waals surface area contributed by atoms with Crippen molar-refractivity contribution in [1.29, 1.82) is 0 Å². The molecule has 4 nitrogen and oxygen atoms in total. The molecule has 86 valence electrons. The lowest BCUT2D eigenvalue weighted by Crippen LogP contribution is -2.38. The highest BCUT2D eigenvalue weighted by atomic mass is 16.5. The Morgan fingerprint density at radius 1 is 1.53 bits per heavy atom. The third-order valence-electron chi connectivity index (χ3n) is 2.63. The fraction of sp³-hybridized carbons (Fsp3) is 0.727. The van der Waals surface area contributed by atoms with Gasteiger partial charge in [-0.2, -0.15) is 0 Å². The monoisotopic (exact) mass is 213 g/mol. The van der Waals surface area contributed by atoms with Gasteiger partial charge in [0.15, 0.2) is 0 Å². The Hall–Kier alpha value is -0.870. The van der Waals surface area contributed by atoms with E-state index in [1.807, 2.05) is 6.08 Å². The van der Waals surface area contributed by atoms with Crippen LogP contribution in [0.15, 0.2) is 12.7 Å². The summed E-state index contributed by atoms with van der Waals surface area (Å²) >= 11 is 0. The zero-order valence-corrected chi connectivity index (χ0v) is 9.02. The Bertz CT molecular complexity index is 210. The molecular formula is C11H19NO3. The van der Waals surface area contributed by atoms with Crippen LogP contribution >= 0.6 is 0 Å². The summed E-state index contributed by atoms with van der Waals surface area (Å²) < 4.78 is 5.25. The Kier molecular flexibility index (Phi) is 5.36. The topological polar surface area (TPSA) is 49.8 Å². The molecule has 0 spiro atoms. The summed E-state index contributed by atoms with van der Waals surface area (Å²) in [4.78, 5) is 12.7. The molecule has 1 aliphatic heterocycles. The van der Waals surface area contributed by atoms with Gasteiger partial charge in [0.05, 0.1) is 6.10 Å². The molecule has 0 unspecified atom stereocenters. The van der Waals surface area contributed by atoms with Crippen LogP contribution in [0, 0.1) is 0 Å². The van der Waals surface area contributed by atoms with Crippen LogP contribution in [-0.2, 0) is 9.53 Å². The first-order chi connectivity index (χ1) is 7.22. The Labute approximate surface area is 90.5 Å². The van der Waals surface area contributed by atoms with Gasteiger partial charge in [-0.15, -0.1) is 6.58 Å². The molecule has 1 fully saturated rings. The zero-order chi connectivity index (χ0) is 11.1. The molecule has 0 saturated carbocycles. The molecule has 1 N–H and O–H groups in total. The van der Waals surface area contributed by atoms with Crippen molar-refractivity contribution in [2.75, 3.05) is 26.2 Å². The standard InChI is InChI=1S/C11H19NO3/c1-2-3-6-12-7-4-10(5-8-12)15-9-11(13)14/h2,10H,1,3-9H2,(H,13,14). The largest absolute Gasteiger partial charge is 0.480 e. The summed E-state index contributed by atoms with van der Waals surface area (Å²) in [6, 6.07) is 0. The number of nitrogens with zero attached hydrogens (tertiary/aromatic N) is 1. The molecule has 0 aromatic carbocycles. The van der Waals surface area contributed by atoms with E-state index in [0.29, 0.717) is 0 Å². The first kappa shape index (κ1) is 12.2. The molecule has 1 aliphatic rings. The highest BCUT2D eigenvalue weighted by molar-refractivity contribution is 5.68. The van der Waals surface area contributed by atoms with Gasteiger partial charge < -0.3 is 14.7 Å². The molecule has 1 heterocycles. The highest BCUT2D eigenvalue weighted by Gasteiger charge is 2.19.